The van der Waals surface area contributed by atoms with Crippen LogP contribution in [0, 0.1) is 0 Å². The van der Waals surface area contributed by atoms with Gasteiger partial charge >= 0.3 is 0 Å². The van der Waals surface area contributed by atoms with Crippen molar-refractivity contribution in [2.24, 2.45) is 5.11 Å². The second-order valence-corrected chi connectivity index (χ2v) is 4.81. The molecule has 1 aliphatic heterocycles. The van der Waals surface area contributed by atoms with E-state index >= 15 is 0 Å². The molecule has 0 saturated carbocycles. The van der Waals surface area contributed by atoms with Gasteiger partial charge in [0.25, 0.3) is 0 Å². The molecule has 1 saturated heterocycles. The number of azide groups is 1. The number of benzene rings is 1. The largest absolute Gasteiger partial charge is 0.495 e. The van der Waals surface area contributed by atoms with Gasteiger partial charge in [-0.05, 0) is 30.6 Å². The summed E-state index contributed by atoms with van der Waals surface area (Å²) in [5.41, 5.74) is 9.41. The van der Waals surface area contributed by atoms with Gasteiger partial charge in [0.05, 0.1) is 12.8 Å². The minimum atomic E-state index is 0.587. The molecule has 0 N–H and O–H groups in total. The summed E-state index contributed by atoms with van der Waals surface area (Å²) < 4.78 is 5.42. The van der Waals surface area contributed by atoms with Gasteiger partial charge in [-0.25, -0.2) is 0 Å². The fraction of sp³-hybridized carbons (Fsp3) is 0.571. The predicted octanol–water partition coefficient (Wildman–Crippen LogP) is 2.52. The average molecular weight is 275 g/mol. The zero-order valence-corrected chi connectivity index (χ0v) is 11.9. The molecule has 0 atom stereocenters. The fourth-order valence-corrected chi connectivity index (χ4v) is 2.51. The molecule has 0 aromatic heterocycles. The van der Waals surface area contributed by atoms with Crippen LogP contribution in [0.4, 0.5) is 5.69 Å². The summed E-state index contributed by atoms with van der Waals surface area (Å²) in [6.45, 7) is 5.66. The SMILES string of the molecule is COc1ccccc1N1CCN(CCCN=[N+]=[N-])CC1. The van der Waals surface area contributed by atoms with E-state index in [1.807, 2.05) is 18.2 Å². The van der Waals surface area contributed by atoms with Crippen molar-refractivity contribution in [2.45, 2.75) is 6.42 Å². The highest BCUT2D eigenvalue weighted by Gasteiger charge is 2.18. The number of anilines is 1. The van der Waals surface area contributed by atoms with Crippen molar-refractivity contribution in [3.8, 4) is 5.75 Å². The smallest absolute Gasteiger partial charge is 0.142 e. The molecule has 1 aliphatic rings. The van der Waals surface area contributed by atoms with Crippen LogP contribution in [0.1, 0.15) is 6.42 Å². The van der Waals surface area contributed by atoms with Crippen LogP contribution in [-0.2, 0) is 0 Å². The van der Waals surface area contributed by atoms with Crippen LogP contribution in [-0.4, -0.2) is 51.3 Å². The first kappa shape index (κ1) is 14.5. The van der Waals surface area contributed by atoms with E-state index in [1.54, 1.807) is 7.11 Å². The molecule has 1 aromatic carbocycles. The van der Waals surface area contributed by atoms with Crippen molar-refractivity contribution < 1.29 is 4.74 Å². The van der Waals surface area contributed by atoms with Crippen LogP contribution in [0.25, 0.3) is 10.4 Å². The minimum Gasteiger partial charge on any atom is -0.495 e. The number of nitrogens with zero attached hydrogens (tertiary/aromatic N) is 5. The first-order valence-corrected chi connectivity index (χ1v) is 6.96. The van der Waals surface area contributed by atoms with Gasteiger partial charge in [-0.1, -0.05) is 17.2 Å². The molecule has 0 spiro atoms. The van der Waals surface area contributed by atoms with Gasteiger partial charge < -0.3 is 9.64 Å². The summed E-state index contributed by atoms with van der Waals surface area (Å²) in [6.07, 6.45) is 0.929. The highest BCUT2D eigenvalue weighted by Crippen LogP contribution is 2.28. The molecule has 2 rings (SSSR count). The van der Waals surface area contributed by atoms with E-state index in [0.717, 1.165) is 44.9 Å². The van der Waals surface area contributed by atoms with Gasteiger partial charge in [0.2, 0.25) is 0 Å². The molecule has 0 aliphatic carbocycles. The van der Waals surface area contributed by atoms with E-state index in [1.165, 1.54) is 5.69 Å². The van der Waals surface area contributed by atoms with Crippen LogP contribution in [0.3, 0.4) is 0 Å². The maximum absolute atomic E-state index is 8.24. The van der Waals surface area contributed by atoms with Crippen LogP contribution in [0.15, 0.2) is 29.4 Å². The minimum absolute atomic E-state index is 0.587. The molecule has 0 bridgehead atoms. The first-order chi connectivity index (χ1) is 9.85. The quantitative estimate of drug-likeness (QED) is 0.347. The summed E-state index contributed by atoms with van der Waals surface area (Å²) >= 11 is 0. The number of hydrogen-bond acceptors (Lipinski definition) is 4. The van der Waals surface area contributed by atoms with Gasteiger partial charge in [0.15, 0.2) is 0 Å². The lowest BCUT2D eigenvalue weighted by Gasteiger charge is -2.36. The highest BCUT2D eigenvalue weighted by molar-refractivity contribution is 5.58. The third-order valence-electron chi connectivity index (χ3n) is 3.59. The highest BCUT2D eigenvalue weighted by atomic mass is 16.5. The Hall–Kier alpha value is -1.91. The summed E-state index contributed by atoms with van der Waals surface area (Å²) in [4.78, 5) is 7.55. The topological polar surface area (TPSA) is 64.5 Å². The number of piperazine rings is 1. The molecular formula is C14H21N5O. The molecule has 0 amide bonds. The summed E-state index contributed by atoms with van der Waals surface area (Å²) in [5.74, 6) is 0.935. The molecule has 0 unspecified atom stereocenters. The van der Waals surface area contributed by atoms with Crippen LogP contribution < -0.4 is 9.64 Å². The van der Waals surface area contributed by atoms with E-state index in [2.05, 4.69) is 25.9 Å². The predicted molar refractivity (Wildman–Crippen MR) is 80.3 cm³/mol. The molecule has 108 valence electrons. The molecule has 6 nitrogen and oxygen atoms in total. The average Bonchev–Trinajstić information content (AvgIpc) is 2.52. The Morgan fingerprint density at radius 2 is 2.00 bits per heavy atom. The number of hydrogen-bond donors (Lipinski definition) is 0. The number of methoxy groups -OCH3 is 1. The van der Waals surface area contributed by atoms with Crippen molar-refractivity contribution >= 4 is 5.69 Å². The monoisotopic (exact) mass is 275 g/mol. The van der Waals surface area contributed by atoms with E-state index in [-0.39, 0.29) is 0 Å². The Morgan fingerprint density at radius 1 is 1.25 bits per heavy atom. The first-order valence-electron chi connectivity index (χ1n) is 6.96. The van der Waals surface area contributed by atoms with Gasteiger partial charge in [-0.3, -0.25) is 4.90 Å². The Balaban J connectivity index is 1.83. The second-order valence-electron chi connectivity index (χ2n) is 4.81. The lowest BCUT2D eigenvalue weighted by Crippen LogP contribution is -2.46. The fourth-order valence-electron chi connectivity index (χ4n) is 2.51. The van der Waals surface area contributed by atoms with Gasteiger partial charge in [-0.2, -0.15) is 0 Å². The van der Waals surface area contributed by atoms with E-state index < -0.39 is 0 Å². The third-order valence-corrected chi connectivity index (χ3v) is 3.59. The second kappa shape index (κ2) is 7.62. The molecule has 6 heteroatoms. The molecule has 1 aromatic rings. The standard InChI is InChI=1S/C14H21N5O/c1-20-14-6-3-2-5-13(14)19-11-9-18(10-12-19)8-4-7-16-17-15/h2-3,5-6H,4,7-12H2,1H3. The van der Waals surface area contributed by atoms with Crippen LogP contribution >= 0.6 is 0 Å². The Morgan fingerprint density at radius 3 is 2.70 bits per heavy atom. The van der Waals surface area contributed by atoms with E-state index in [4.69, 9.17) is 10.3 Å². The Bertz CT molecular complexity index is 464. The van der Waals surface area contributed by atoms with E-state index in [0.29, 0.717) is 6.54 Å². The van der Waals surface area contributed by atoms with Crippen molar-refractivity contribution in [2.75, 3.05) is 51.3 Å². The van der Waals surface area contributed by atoms with Gasteiger partial charge in [0, 0.05) is 37.6 Å². The third kappa shape index (κ3) is 3.79. The van der Waals surface area contributed by atoms with Crippen molar-refractivity contribution in [3.05, 3.63) is 34.7 Å². The summed E-state index contributed by atoms with van der Waals surface area (Å²) in [7, 11) is 1.71. The molecule has 0 radical (unpaired) electrons. The summed E-state index contributed by atoms with van der Waals surface area (Å²) in [6, 6.07) is 8.15. The maximum atomic E-state index is 8.24. The lowest BCUT2D eigenvalue weighted by molar-refractivity contribution is 0.255. The van der Waals surface area contributed by atoms with Gasteiger partial charge in [-0.15, -0.1) is 0 Å². The van der Waals surface area contributed by atoms with E-state index in [9.17, 15) is 0 Å². The maximum Gasteiger partial charge on any atom is 0.142 e. The molecular weight excluding hydrogens is 254 g/mol. The van der Waals surface area contributed by atoms with Gasteiger partial charge in [0.1, 0.15) is 5.75 Å². The van der Waals surface area contributed by atoms with Crippen molar-refractivity contribution in [1.29, 1.82) is 0 Å². The van der Waals surface area contributed by atoms with Crippen LogP contribution in [0.2, 0.25) is 0 Å². The van der Waals surface area contributed by atoms with Crippen LogP contribution in [0.5, 0.6) is 5.75 Å². The molecule has 1 heterocycles. The molecule has 20 heavy (non-hydrogen) atoms. The lowest BCUT2D eigenvalue weighted by atomic mass is 10.2. The van der Waals surface area contributed by atoms with Crippen molar-refractivity contribution in [3.63, 3.8) is 0 Å². The number of ether oxygens (including phenoxy) is 1. The van der Waals surface area contributed by atoms with Crippen molar-refractivity contribution in [1.82, 2.24) is 4.90 Å². The Labute approximate surface area is 119 Å². The molecule has 1 fully saturated rings. The summed E-state index contributed by atoms with van der Waals surface area (Å²) in [5, 5.41) is 3.57. The zero-order valence-electron chi connectivity index (χ0n) is 11.9. The number of para-hydroxylation sites is 2. The zero-order chi connectivity index (χ0) is 14.2. The normalized spacial score (nSPS) is 15.8. The Kier molecular flexibility index (Phi) is 5.53. The number of rotatable bonds is 6.